The van der Waals surface area contributed by atoms with E-state index in [0.29, 0.717) is 19.4 Å². The van der Waals surface area contributed by atoms with Crippen LogP contribution in [0.25, 0.3) is 0 Å². The molecule has 5 heteroatoms. The van der Waals surface area contributed by atoms with Crippen molar-refractivity contribution < 1.29 is 13.6 Å². The van der Waals surface area contributed by atoms with Crippen LogP contribution in [0.15, 0.2) is 24.3 Å². The molecule has 0 saturated carbocycles. The van der Waals surface area contributed by atoms with E-state index in [0.717, 1.165) is 5.56 Å². The zero-order valence-corrected chi connectivity index (χ0v) is 9.98. The second kappa shape index (κ2) is 5.44. The van der Waals surface area contributed by atoms with Crippen molar-refractivity contribution in [2.75, 3.05) is 13.1 Å². The quantitative estimate of drug-likeness (QED) is 0.883. The van der Waals surface area contributed by atoms with E-state index in [9.17, 15) is 13.6 Å². The molecule has 0 radical (unpaired) electrons. The summed E-state index contributed by atoms with van der Waals surface area (Å²) in [5.74, 6) is -0.557. The second-order valence-electron chi connectivity index (χ2n) is 4.61. The molecule has 0 aromatic heterocycles. The number of hydrogen-bond acceptors (Lipinski definition) is 2. The van der Waals surface area contributed by atoms with Crippen molar-refractivity contribution >= 4 is 5.91 Å². The van der Waals surface area contributed by atoms with E-state index in [4.69, 9.17) is 5.73 Å². The molecule has 0 bridgehead atoms. The molecule has 2 N–H and O–H groups in total. The van der Waals surface area contributed by atoms with Crippen molar-refractivity contribution in [1.29, 1.82) is 0 Å². The highest BCUT2D eigenvalue weighted by Crippen LogP contribution is 2.14. The molecule has 1 aliphatic heterocycles. The Labute approximate surface area is 105 Å². The molecule has 98 valence electrons. The van der Waals surface area contributed by atoms with Gasteiger partial charge in [0, 0.05) is 6.54 Å². The van der Waals surface area contributed by atoms with Crippen LogP contribution in [0.4, 0.5) is 8.78 Å². The van der Waals surface area contributed by atoms with Crippen molar-refractivity contribution in [3.63, 3.8) is 0 Å². The average Bonchev–Trinajstić information content (AvgIpc) is 2.78. The van der Waals surface area contributed by atoms with Crippen LogP contribution >= 0.6 is 0 Å². The van der Waals surface area contributed by atoms with Crippen LogP contribution in [-0.2, 0) is 11.2 Å². The van der Waals surface area contributed by atoms with Gasteiger partial charge in [0.25, 0.3) is 0 Å². The molecule has 3 nitrogen and oxygen atoms in total. The summed E-state index contributed by atoms with van der Waals surface area (Å²) < 4.78 is 25.7. The first-order valence-electron chi connectivity index (χ1n) is 5.99. The molecule has 0 aliphatic carbocycles. The van der Waals surface area contributed by atoms with Crippen molar-refractivity contribution in [3.05, 3.63) is 35.6 Å². The molecule has 0 spiro atoms. The number of nitrogens with zero attached hydrogens (tertiary/aromatic N) is 1. The Morgan fingerprint density at radius 3 is 2.67 bits per heavy atom. The highest BCUT2D eigenvalue weighted by atomic mass is 19.1. The van der Waals surface area contributed by atoms with Crippen LogP contribution < -0.4 is 5.73 Å². The number of benzene rings is 1. The molecule has 1 aromatic carbocycles. The average molecular weight is 254 g/mol. The summed E-state index contributed by atoms with van der Waals surface area (Å²) in [6, 6.07) is 5.18. The molecule has 18 heavy (non-hydrogen) atoms. The summed E-state index contributed by atoms with van der Waals surface area (Å²) in [6.07, 6.45) is -0.214. The first-order valence-corrected chi connectivity index (χ1v) is 5.99. The van der Waals surface area contributed by atoms with Gasteiger partial charge in [0.2, 0.25) is 5.91 Å². The van der Waals surface area contributed by atoms with Gasteiger partial charge in [0.15, 0.2) is 0 Å². The maximum Gasteiger partial charge on any atom is 0.239 e. The lowest BCUT2D eigenvalue weighted by atomic mass is 10.1. The summed E-state index contributed by atoms with van der Waals surface area (Å²) in [4.78, 5) is 13.4. The molecule has 1 aliphatic rings. The fourth-order valence-electron chi connectivity index (χ4n) is 2.11. The molecule has 2 rings (SSSR count). The molecule has 0 unspecified atom stereocenters. The molecular formula is C13H16F2N2O. The van der Waals surface area contributed by atoms with Crippen molar-refractivity contribution in [1.82, 2.24) is 4.90 Å². The number of hydrogen-bond donors (Lipinski definition) is 1. The maximum atomic E-state index is 13.0. The first kappa shape index (κ1) is 13.0. The molecule has 1 aromatic rings. The Hall–Kier alpha value is -1.49. The number of halogens is 2. The van der Waals surface area contributed by atoms with Gasteiger partial charge in [-0.15, -0.1) is 0 Å². The van der Waals surface area contributed by atoms with Gasteiger partial charge in [0.05, 0.1) is 12.6 Å². The number of carbonyl (C=O) groups excluding carboxylic acids is 1. The fourth-order valence-corrected chi connectivity index (χ4v) is 2.11. The predicted molar refractivity (Wildman–Crippen MR) is 64.2 cm³/mol. The number of carbonyl (C=O) groups is 1. The van der Waals surface area contributed by atoms with Crippen molar-refractivity contribution in [2.45, 2.75) is 25.1 Å². The van der Waals surface area contributed by atoms with Crippen LogP contribution in [0.5, 0.6) is 0 Å². The van der Waals surface area contributed by atoms with Gasteiger partial charge in [0.1, 0.15) is 12.0 Å². The molecule has 1 amide bonds. The monoisotopic (exact) mass is 254 g/mol. The van der Waals surface area contributed by atoms with E-state index in [2.05, 4.69) is 0 Å². The third kappa shape index (κ3) is 3.04. The Balaban J connectivity index is 1.93. The van der Waals surface area contributed by atoms with Gasteiger partial charge in [-0.25, -0.2) is 8.78 Å². The smallest absolute Gasteiger partial charge is 0.239 e. The number of nitrogens with two attached hydrogens (primary N) is 1. The number of rotatable bonds is 3. The van der Waals surface area contributed by atoms with Gasteiger partial charge in [-0.3, -0.25) is 4.79 Å². The van der Waals surface area contributed by atoms with Crippen molar-refractivity contribution in [2.24, 2.45) is 5.73 Å². The molecule has 2 atom stereocenters. The van der Waals surface area contributed by atoms with Gasteiger partial charge >= 0.3 is 0 Å². The van der Waals surface area contributed by atoms with Gasteiger partial charge in [-0.05, 0) is 30.5 Å². The zero-order valence-electron chi connectivity index (χ0n) is 9.98. The summed E-state index contributed by atoms with van der Waals surface area (Å²) >= 11 is 0. The topological polar surface area (TPSA) is 46.3 Å². The standard InChI is InChI=1S/C13H16F2N2O/c14-10-3-1-9(2-4-10)7-12(16)13(18)17-6-5-11(15)8-17/h1-4,11-12H,5-8,16H2/t11-,12+/m1/s1. The molecular weight excluding hydrogens is 238 g/mol. The Morgan fingerprint density at radius 1 is 1.44 bits per heavy atom. The third-order valence-electron chi connectivity index (χ3n) is 3.13. The minimum absolute atomic E-state index is 0.135. The van der Waals surface area contributed by atoms with E-state index in [1.165, 1.54) is 17.0 Å². The Morgan fingerprint density at radius 2 is 2.11 bits per heavy atom. The lowest BCUT2D eigenvalue weighted by Gasteiger charge is -2.20. The summed E-state index contributed by atoms with van der Waals surface area (Å²) in [7, 11) is 0. The maximum absolute atomic E-state index is 13.0. The summed E-state index contributed by atoms with van der Waals surface area (Å²) in [6.45, 7) is 0.563. The second-order valence-corrected chi connectivity index (χ2v) is 4.61. The van der Waals surface area contributed by atoms with Crippen molar-refractivity contribution in [3.8, 4) is 0 Å². The van der Waals surface area contributed by atoms with Crippen LogP contribution in [-0.4, -0.2) is 36.1 Å². The fraction of sp³-hybridized carbons (Fsp3) is 0.462. The Kier molecular flexibility index (Phi) is 3.91. The normalized spacial score (nSPS) is 21.1. The van der Waals surface area contributed by atoms with Crippen LogP contribution in [0.1, 0.15) is 12.0 Å². The van der Waals surface area contributed by atoms with E-state index in [1.807, 2.05) is 0 Å². The van der Waals surface area contributed by atoms with Crippen LogP contribution in [0, 0.1) is 5.82 Å². The lowest BCUT2D eigenvalue weighted by molar-refractivity contribution is -0.131. The highest BCUT2D eigenvalue weighted by molar-refractivity contribution is 5.82. The number of amides is 1. The molecule has 1 heterocycles. The van der Waals surface area contributed by atoms with E-state index in [1.54, 1.807) is 12.1 Å². The van der Waals surface area contributed by atoms with Gasteiger partial charge < -0.3 is 10.6 Å². The highest BCUT2D eigenvalue weighted by Gasteiger charge is 2.29. The van der Waals surface area contributed by atoms with Gasteiger partial charge in [-0.2, -0.15) is 0 Å². The minimum atomic E-state index is -0.938. The first-order chi connectivity index (χ1) is 8.56. The zero-order chi connectivity index (χ0) is 13.1. The van der Waals surface area contributed by atoms with Crippen LogP contribution in [0.2, 0.25) is 0 Å². The van der Waals surface area contributed by atoms with E-state index < -0.39 is 12.2 Å². The van der Waals surface area contributed by atoms with E-state index >= 15 is 0 Å². The Bertz CT molecular complexity index is 422. The van der Waals surface area contributed by atoms with E-state index in [-0.39, 0.29) is 18.3 Å². The third-order valence-corrected chi connectivity index (χ3v) is 3.13. The lowest BCUT2D eigenvalue weighted by Crippen LogP contribution is -2.44. The summed E-state index contributed by atoms with van der Waals surface area (Å²) in [5, 5.41) is 0. The largest absolute Gasteiger partial charge is 0.338 e. The van der Waals surface area contributed by atoms with Crippen LogP contribution in [0.3, 0.4) is 0 Å². The molecule has 1 saturated heterocycles. The summed E-state index contributed by atoms with van der Waals surface area (Å²) in [5.41, 5.74) is 6.60. The van der Waals surface area contributed by atoms with Gasteiger partial charge in [-0.1, -0.05) is 12.1 Å². The SMILES string of the molecule is N[C@@H](Cc1ccc(F)cc1)C(=O)N1CC[C@@H](F)C1. The number of likely N-dealkylation sites (tertiary alicyclic amines) is 1. The predicted octanol–water partition coefficient (Wildman–Crippen LogP) is 1.27. The minimum Gasteiger partial charge on any atom is -0.338 e. The molecule has 1 fully saturated rings. The number of alkyl halides is 1.